The number of hydrogen-bond acceptors (Lipinski definition) is 5. The first-order valence-corrected chi connectivity index (χ1v) is 7.85. The molecule has 2 unspecified atom stereocenters. The maximum absolute atomic E-state index is 11.7. The van der Waals surface area contributed by atoms with Gasteiger partial charge >= 0.3 is 0 Å². The minimum absolute atomic E-state index is 0.00530. The third-order valence-corrected chi connectivity index (χ3v) is 4.16. The van der Waals surface area contributed by atoms with E-state index in [1.54, 1.807) is 11.9 Å². The fourth-order valence-electron chi connectivity index (χ4n) is 2.47. The predicted octanol–water partition coefficient (Wildman–Crippen LogP) is 0.0144. The van der Waals surface area contributed by atoms with E-state index in [0.717, 1.165) is 25.8 Å². The number of nitrogens with zero attached hydrogens (tertiary/aromatic N) is 3. The second-order valence-corrected chi connectivity index (χ2v) is 6.16. The van der Waals surface area contributed by atoms with Crippen LogP contribution in [0.15, 0.2) is 4.99 Å². The van der Waals surface area contributed by atoms with Crippen LogP contribution in [0.4, 0.5) is 0 Å². The van der Waals surface area contributed by atoms with E-state index in [2.05, 4.69) is 24.2 Å². The summed E-state index contributed by atoms with van der Waals surface area (Å²) in [4.78, 5) is 30.0. The van der Waals surface area contributed by atoms with Crippen LogP contribution in [0.1, 0.15) is 33.1 Å². The molecule has 1 saturated heterocycles. The first-order valence-electron chi connectivity index (χ1n) is 7.85. The van der Waals surface area contributed by atoms with E-state index in [4.69, 9.17) is 5.73 Å². The van der Waals surface area contributed by atoms with Crippen molar-refractivity contribution in [1.29, 1.82) is 0 Å². The Labute approximate surface area is 132 Å². The van der Waals surface area contributed by atoms with Crippen LogP contribution in [0, 0.1) is 5.92 Å². The second-order valence-electron chi connectivity index (χ2n) is 6.16. The molecule has 7 nitrogen and oxygen atoms in total. The highest BCUT2D eigenvalue weighted by atomic mass is 16.2. The van der Waals surface area contributed by atoms with Crippen molar-refractivity contribution in [2.45, 2.75) is 45.2 Å². The van der Waals surface area contributed by atoms with Gasteiger partial charge in [0.05, 0.1) is 12.5 Å². The predicted molar refractivity (Wildman–Crippen MR) is 87.4 cm³/mol. The average Bonchev–Trinajstić information content (AvgIpc) is 2.52. The van der Waals surface area contributed by atoms with E-state index >= 15 is 0 Å². The first kappa shape index (κ1) is 18.4. The molecule has 7 heteroatoms. The molecule has 1 fully saturated rings. The number of carbonyl (C=O) groups excluding carboxylic acids is 2. The van der Waals surface area contributed by atoms with Gasteiger partial charge in [0, 0.05) is 26.2 Å². The molecule has 0 bridgehead atoms. The van der Waals surface area contributed by atoms with Gasteiger partial charge in [0.1, 0.15) is 0 Å². The summed E-state index contributed by atoms with van der Waals surface area (Å²) in [5.74, 6) is 0.547. The summed E-state index contributed by atoms with van der Waals surface area (Å²) in [6.45, 7) is 5.71. The highest BCUT2D eigenvalue weighted by Crippen LogP contribution is 2.25. The monoisotopic (exact) mass is 311 g/mol. The molecule has 2 amide bonds. The van der Waals surface area contributed by atoms with Crippen molar-refractivity contribution in [2.24, 2.45) is 16.6 Å². The Morgan fingerprint density at radius 2 is 2.09 bits per heavy atom. The largest absolute Gasteiger partial charge is 0.369 e. The van der Waals surface area contributed by atoms with Gasteiger partial charge in [-0.25, -0.2) is 4.99 Å². The zero-order chi connectivity index (χ0) is 16.7. The lowest BCUT2D eigenvalue weighted by Crippen LogP contribution is -2.48. The number of amides is 2. The smallest absolute Gasteiger partial charge is 0.231 e. The topological polar surface area (TPSA) is 91.0 Å². The van der Waals surface area contributed by atoms with Crippen LogP contribution in [0.3, 0.4) is 0 Å². The Morgan fingerprint density at radius 1 is 1.45 bits per heavy atom. The zero-order valence-electron chi connectivity index (χ0n) is 14.1. The highest BCUT2D eigenvalue weighted by molar-refractivity contribution is 5.98. The van der Waals surface area contributed by atoms with Gasteiger partial charge in [-0.05, 0) is 25.8 Å². The molecule has 2 aliphatic heterocycles. The number of hydrogen-bond donors (Lipinski definition) is 2. The zero-order valence-corrected chi connectivity index (χ0v) is 14.1. The Balaban J connectivity index is 0.000000422. The lowest BCUT2D eigenvalue weighted by atomic mass is 9.88. The Bertz CT molecular complexity index is 411. The van der Waals surface area contributed by atoms with Crippen molar-refractivity contribution in [1.82, 2.24) is 15.1 Å². The van der Waals surface area contributed by atoms with Crippen molar-refractivity contribution in [3.05, 3.63) is 0 Å². The second kappa shape index (κ2) is 8.73. The number of nitrogens with one attached hydrogen (secondary N) is 1. The van der Waals surface area contributed by atoms with Crippen LogP contribution >= 0.6 is 0 Å². The summed E-state index contributed by atoms with van der Waals surface area (Å²) in [6, 6.07) is 0.566. The van der Waals surface area contributed by atoms with Gasteiger partial charge in [-0.2, -0.15) is 0 Å². The van der Waals surface area contributed by atoms with Gasteiger partial charge in [0.25, 0.3) is 0 Å². The van der Waals surface area contributed by atoms with Crippen molar-refractivity contribution < 1.29 is 9.59 Å². The van der Waals surface area contributed by atoms with Crippen LogP contribution in [-0.2, 0) is 9.59 Å². The van der Waals surface area contributed by atoms with Crippen LogP contribution < -0.4 is 11.1 Å². The third kappa shape index (κ3) is 5.29. The number of guanidine groups is 1. The number of nitrogens with two attached hydrogens (primary N) is 1. The van der Waals surface area contributed by atoms with E-state index in [1.165, 1.54) is 4.90 Å². The first-order chi connectivity index (χ1) is 10.4. The minimum Gasteiger partial charge on any atom is -0.369 e. The van der Waals surface area contributed by atoms with Crippen molar-refractivity contribution in [2.75, 3.05) is 27.2 Å². The van der Waals surface area contributed by atoms with Gasteiger partial charge in [0.15, 0.2) is 5.96 Å². The molecule has 0 aromatic rings. The molecule has 3 N–H and O–H groups in total. The van der Waals surface area contributed by atoms with Gasteiger partial charge in [0.2, 0.25) is 12.3 Å². The number of carbonyl (C=O) groups is 2. The summed E-state index contributed by atoms with van der Waals surface area (Å²) in [5.41, 5.74) is 5.70. The lowest BCUT2D eigenvalue weighted by molar-refractivity contribution is -0.128. The van der Waals surface area contributed by atoms with Crippen LogP contribution in [0.25, 0.3) is 0 Å². The van der Waals surface area contributed by atoms with Crippen LogP contribution in [0.2, 0.25) is 0 Å². The molecule has 22 heavy (non-hydrogen) atoms. The van der Waals surface area contributed by atoms with E-state index < -0.39 is 0 Å². The summed E-state index contributed by atoms with van der Waals surface area (Å²) in [5, 5.41) is 3.03. The van der Waals surface area contributed by atoms with E-state index in [-0.39, 0.29) is 23.8 Å². The summed E-state index contributed by atoms with van der Waals surface area (Å²) < 4.78 is 0. The number of aliphatic imine (C=N–C) groups is 1. The van der Waals surface area contributed by atoms with Gasteiger partial charge < -0.3 is 16.0 Å². The third-order valence-electron chi connectivity index (χ3n) is 4.16. The van der Waals surface area contributed by atoms with E-state index in [1.807, 2.05) is 7.05 Å². The standard InChI is InChI=1S/C11H18N4O2.C4H11N/c1-14-10(17)5-9(13-11(14)12)8-3-2-4-15(6-8)7-16;1-4(2)5-3/h7-9H,2-6H2,1H3,(H2,12,13);4-5H,1-3H3. The number of likely N-dealkylation sites (tertiary alicyclic amines) is 1. The highest BCUT2D eigenvalue weighted by Gasteiger charge is 2.32. The summed E-state index contributed by atoms with van der Waals surface area (Å²) in [6.07, 6.45) is 3.24. The van der Waals surface area contributed by atoms with Crippen molar-refractivity contribution in [3.63, 3.8) is 0 Å². The summed E-state index contributed by atoms with van der Waals surface area (Å²) in [7, 11) is 3.58. The molecule has 0 aliphatic carbocycles. The minimum atomic E-state index is -0.0681. The lowest BCUT2D eigenvalue weighted by Gasteiger charge is -2.36. The molecule has 2 rings (SSSR count). The van der Waals surface area contributed by atoms with E-state index in [9.17, 15) is 9.59 Å². The van der Waals surface area contributed by atoms with Gasteiger partial charge in [-0.15, -0.1) is 0 Å². The Hall–Kier alpha value is -1.63. The van der Waals surface area contributed by atoms with Crippen molar-refractivity contribution >= 4 is 18.3 Å². The van der Waals surface area contributed by atoms with Crippen LogP contribution in [-0.4, -0.2) is 67.3 Å². The quantitative estimate of drug-likeness (QED) is 0.719. The molecular formula is C15H29N5O2. The number of rotatable bonds is 3. The summed E-state index contributed by atoms with van der Waals surface area (Å²) >= 11 is 0. The number of piperidine rings is 1. The fraction of sp³-hybridized carbons (Fsp3) is 0.800. The molecule has 0 radical (unpaired) electrons. The Kier molecular flexibility index (Phi) is 7.31. The molecular weight excluding hydrogens is 282 g/mol. The average molecular weight is 311 g/mol. The molecule has 0 aromatic carbocycles. The van der Waals surface area contributed by atoms with Crippen molar-refractivity contribution in [3.8, 4) is 0 Å². The molecule has 0 aromatic heterocycles. The van der Waals surface area contributed by atoms with Gasteiger partial charge in [-0.3, -0.25) is 14.5 Å². The molecule has 2 aliphatic rings. The molecule has 2 atom stereocenters. The SMILES string of the molecule is CN1C(=O)CC(C2CCCN(C=O)C2)N=C1N.CNC(C)C. The fourth-order valence-corrected chi connectivity index (χ4v) is 2.47. The van der Waals surface area contributed by atoms with Crippen LogP contribution in [0.5, 0.6) is 0 Å². The molecule has 2 heterocycles. The van der Waals surface area contributed by atoms with E-state index in [0.29, 0.717) is 19.0 Å². The maximum atomic E-state index is 11.7. The maximum Gasteiger partial charge on any atom is 0.231 e. The Morgan fingerprint density at radius 3 is 2.59 bits per heavy atom. The molecule has 0 spiro atoms. The normalized spacial score (nSPS) is 25.5. The molecule has 0 saturated carbocycles. The van der Waals surface area contributed by atoms with Gasteiger partial charge in [-0.1, -0.05) is 13.8 Å². The molecule has 126 valence electrons.